The van der Waals surface area contributed by atoms with Gasteiger partial charge in [-0.15, -0.1) is 0 Å². The Hall–Kier alpha value is -2.88. The molecule has 0 spiro atoms. The van der Waals surface area contributed by atoms with E-state index in [1.807, 2.05) is 30.3 Å². The number of anilines is 2. The number of methoxy groups -OCH3 is 1. The van der Waals surface area contributed by atoms with Crippen LogP contribution in [0.2, 0.25) is 0 Å². The first-order valence-corrected chi connectivity index (χ1v) is 12.7. The SMILES string of the molecule is COc1ccc(N2CCN(CCCn3c(=S)[nH]c4ccc(N5CCOCC5)cc4c3=O)CC2)cc1. The Bertz CT molecular complexity index is 1260. The number of rotatable bonds is 7. The zero-order chi connectivity index (χ0) is 24.2. The molecule has 2 fully saturated rings. The van der Waals surface area contributed by atoms with E-state index in [2.05, 4.69) is 31.8 Å². The molecule has 1 N–H and O–H groups in total. The van der Waals surface area contributed by atoms with Crippen molar-refractivity contribution in [3.63, 3.8) is 0 Å². The number of benzene rings is 2. The minimum Gasteiger partial charge on any atom is -0.497 e. The van der Waals surface area contributed by atoms with E-state index >= 15 is 0 Å². The number of piperazine rings is 1. The first kappa shape index (κ1) is 23.8. The molecule has 0 aliphatic carbocycles. The van der Waals surface area contributed by atoms with Gasteiger partial charge in [0.1, 0.15) is 5.75 Å². The number of hydrogen-bond donors (Lipinski definition) is 1. The molecule has 2 aliphatic rings. The van der Waals surface area contributed by atoms with Crippen molar-refractivity contribution in [2.24, 2.45) is 0 Å². The summed E-state index contributed by atoms with van der Waals surface area (Å²) in [6, 6.07) is 14.3. The Morgan fingerprint density at radius 3 is 2.31 bits per heavy atom. The summed E-state index contributed by atoms with van der Waals surface area (Å²) in [5.41, 5.74) is 3.08. The Balaban J connectivity index is 1.20. The average molecular weight is 496 g/mol. The Kier molecular flexibility index (Phi) is 7.36. The first-order valence-electron chi connectivity index (χ1n) is 12.3. The molecule has 0 bridgehead atoms. The standard InChI is InChI=1S/C26H33N5O3S/c1-33-22-6-3-20(4-7-22)29-13-11-28(12-14-29)9-2-10-31-25(32)23-19-21(30-15-17-34-18-16-30)5-8-24(23)27-26(31)35/h3-8,19H,2,9-18H2,1H3,(H,27,35). The van der Waals surface area contributed by atoms with Crippen LogP contribution < -0.4 is 20.1 Å². The van der Waals surface area contributed by atoms with Gasteiger partial charge in [-0.3, -0.25) is 14.3 Å². The Morgan fingerprint density at radius 2 is 1.60 bits per heavy atom. The van der Waals surface area contributed by atoms with Gasteiger partial charge in [0.2, 0.25) is 0 Å². The average Bonchev–Trinajstić information content (AvgIpc) is 2.91. The molecule has 3 aromatic rings. The fourth-order valence-corrected chi connectivity index (χ4v) is 5.22. The van der Waals surface area contributed by atoms with Crippen LogP contribution in [0.5, 0.6) is 5.75 Å². The molecular weight excluding hydrogens is 462 g/mol. The van der Waals surface area contributed by atoms with Crippen LogP contribution in [0.15, 0.2) is 47.3 Å². The Morgan fingerprint density at radius 1 is 0.914 bits per heavy atom. The number of H-pyrrole nitrogens is 1. The number of ether oxygens (including phenoxy) is 2. The summed E-state index contributed by atoms with van der Waals surface area (Å²) in [5.74, 6) is 0.881. The second-order valence-electron chi connectivity index (χ2n) is 9.10. The van der Waals surface area contributed by atoms with E-state index in [9.17, 15) is 4.79 Å². The highest BCUT2D eigenvalue weighted by Gasteiger charge is 2.18. The normalized spacial score (nSPS) is 17.2. The van der Waals surface area contributed by atoms with Crippen LogP contribution in [-0.2, 0) is 11.3 Å². The molecule has 8 nitrogen and oxygen atoms in total. The van der Waals surface area contributed by atoms with E-state index in [0.717, 1.165) is 69.2 Å². The van der Waals surface area contributed by atoms with Crippen molar-refractivity contribution in [1.82, 2.24) is 14.5 Å². The lowest BCUT2D eigenvalue weighted by molar-refractivity contribution is 0.122. The summed E-state index contributed by atoms with van der Waals surface area (Å²) in [7, 11) is 1.69. The number of nitrogens with zero attached hydrogens (tertiary/aromatic N) is 4. The molecule has 0 radical (unpaired) electrons. The second-order valence-corrected chi connectivity index (χ2v) is 9.48. The maximum atomic E-state index is 13.3. The predicted molar refractivity (Wildman–Crippen MR) is 143 cm³/mol. The van der Waals surface area contributed by atoms with Crippen LogP contribution in [0.25, 0.3) is 10.9 Å². The van der Waals surface area contributed by atoms with Gasteiger partial charge in [0.15, 0.2) is 4.77 Å². The maximum Gasteiger partial charge on any atom is 0.262 e. The molecule has 1 aromatic heterocycles. The minimum absolute atomic E-state index is 0.0109. The zero-order valence-corrected chi connectivity index (χ0v) is 21.1. The van der Waals surface area contributed by atoms with Gasteiger partial charge < -0.3 is 24.3 Å². The van der Waals surface area contributed by atoms with Gasteiger partial charge >= 0.3 is 0 Å². The first-order chi connectivity index (χ1) is 17.1. The number of aromatic amines is 1. The summed E-state index contributed by atoms with van der Waals surface area (Å²) >= 11 is 5.53. The molecular formula is C26H33N5O3S. The van der Waals surface area contributed by atoms with Crippen LogP contribution in [-0.4, -0.2) is 80.6 Å². The highest BCUT2D eigenvalue weighted by Crippen LogP contribution is 2.21. The highest BCUT2D eigenvalue weighted by atomic mass is 32.1. The van der Waals surface area contributed by atoms with Crippen LogP contribution in [0.4, 0.5) is 11.4 Å². The van der Waals surface area contributed by atoms with Gasteiger partial charge in [0, 0.05) is 57.2 Å². The lowest BCUT2D eigenvalue weighted by Crippen LogP contribution is -2.46. The molecule has 0 atom stereocenters. The summed E-state index contributed by atoms with van der Waals surface area (Å²) in [4.78, 5) is 23.7. The van der Waals surface area contributed by atoms with Gasteiger partial charge in [-0.1, -0.05) is 0 Å². The lowest BCUT2D eigenvalue weighted by atomic mass is 10.2. The molecule has 0 unspecified atom stereocenters. The molecule has 3 heterocycles. The molecule has 2 saturated heterocycles. The lowest BCUT2D eigenvalue weighted by Gasteiger charge is -2.36. The zero-order valence-electron chi connectivity index (χ0n) is 20.2. The van der Waals surface area contributed by atoms with Crippen molar-refractivity contribution >= 4 is 34.5 Å². The monoisotopic (exact) mass is 495 g/mol. The van der Waals surface area contributed by atoms with Crippen molar-refractivity contribution in [1.29, 1.82) is 0 Å². The topological polar surface area (TPSA) is 66.0 Å². The quantitative estimate of drug-likeness (QED) is 0.505. The number of nitrogens with one attached hydrogen (secondary N) is 1. The van der Waals surface area contributed by atoms with Crippen molar-refractivity contribution in [2.45, 2.75) is 13.0 Å². The summed E-state index contributed by atoms with van der Waals surface area (Å²) < 4.78 is 12.9. The molecule has 0 saturated carbocycles. The van der Waals surface area contributed by atoms with Crippen LogP contribution >= 0.6 is 12.2 Å². The minimum atomic E-state index is -0.0109. The van der Waals surface area contributed by atoms with E-state index < -0.39 is 0 Å². The number of aromatic nitrogens is 2. The third kappa shape index (κ3) is 5.37. The fourth-order valence-electron chi connectivity index (χ4n) is 4.93. The van der Waals surface area contributed by atoms with Crippen molar-refractivity contribution in [2.75, 3.05) is 75.9 Å². The van der Waals surface area contributed by atoms with E-state index in [1.54, 1.807) is 11.7 Å². The van der Waals surface area contributed by atoms with Crippen LogP contribution in [0.3, 0.4) is 0 Å². The molecule has 2 aromatic carbocycles. The van der Waals surface area contributed by atoms with Gasteiger partial charge in [-0.25, -0.2) is 0 Å². The molecule has 186 valence electrons. The second kappa shape index (κ2) is 10.8. The number of hydrogen-bond acceptors (Lipinski definition) is 7. The van der Waals surface area contributed by atoms with E-state index in [0.29, 0.717) is 29.9 Å². The summed E-state index contributed by atoms with van der Waals surface area (Å²) in [5, 5.41) is 0.690. The molecule has 2 aliphatic heterocycles. The van der Waals surface area contributed by atoms with Gasteiger partial charge in [-0.05, 0) is 67.6 Å². The van der Waals surface area contributed by atoms with Crippen molar-refractivity contribution in [3.05, 3.63) is 57.6 Å². The smallest absolute Gasteiger partial charge is 0.262 e. The van der Waals surface area contributed by atoms with Crippen LogP contribution in [0, 0.1) is 4.77 Å². The molecule has 5 rings (SSSR count). The molecule has 0 amide bonds. The third-order valence-electron chi connectivity index (χ3n) is 7.01. The number of morpholine rings is 1. The van der Waals surface area contributed by atoms with Gasteiger partial charge in [0.25, 0.3) is 5.56 Å². The summed E-state index contributed by atoms with van der Waals surface area (Å²) in [6.07, 6.45) is 0.884. The predicted octanol–water partition coefficient (Wildman–Crippen LogP) is 3.12. The van der Waals surface area contributed by atoms with E-state index in [-0.39, 0.29) is 5.56 Å². The summed E-state index contributed by atoms with van der Waals surface area (Å²) in [6.45, 7) is 8.68. The molecule has 35 heavy (non-hydrogen) atoms. The van der Waals surface area contributed by atoms with Crippen molar-refractivity contribution in [3.8, 4) is 5.75 Å². The fraction of sp³-hybridized carbons (Fsp3) is 0.462. The number of fused-ring (bicyclic) bond motifs is 1. The van der Waals surface area contributed by atoms with Gasteiger partial charge in [0.05, 0.1) is 31.2 Å². The van der Waals surface area contributed by atoms with Gasteiger partial charge in [-0.2, -0.15) is 0 Å². The highest BCUT2D eigenvalue weighted by molar-refractivity contribution is 7.71. The molecule has 9 heteroatoms. The maximum absolute atomic E-state index is 13.3. The van der Waals surface area contributed by atoms with Crippen molar-refractivity contribution < 1.29 is 9.47 Å². The van der Waals surface area contributed by atoms with E-state index in [4.69, 9.17) is 21.7 Å². The largest absolute Gasteiger partial charge is 0.497 e. The van der Waals surface area contributed by atoms with Crippen LogP contribution in [0.1, 0.15) is 6.42 Å². The Labute approximate surface area is 210 Å². The third-order valence-corrected chi connectivity index (χ3v) is 7.33. The van der Waals surface area contributed by atoms with E-state index in [1.165, 1.54) is 5.69 Å².